The highest BCUT2D eigenvalue weighted by Crippen LogP contribution is 2.08. The number of allylic oxidation sites excluding steroid dienone is 1. The zero-order valence-corrected chi connectivity index (χ0v) is 18.4. The van der Waals surface area contributed by atoms with Crippen LogP contribution in [0.25, 0.3) is 0 Å². The van der Waals surface area contributed by atoms with Gasteiger partial charge in [0.05, 0.1) is 27.2 Å². The van der Waals surface area contributed by atoms with Crippen LogP contribution in [-0.2, 0) is 4.79 Å². The normalized spacial score (nSPS) is 10.9. The monoisotopic (exact) mass is 369 g/mol. The van der Waals surface area contributed by atoms with Crippen LogP contribution in [0.3, 0.4) is 0 Å². The Morgan fingerprint density at radius 2 is 1.31 bits per heavy atom. The number of nitrogens with zero attached hydrogens (tertiary/aromatic N) is 1. The third-order valence-electron chi connectivity index (χ3n) is 4.77. The molecule has 0 saturated carbocycles. The third kappa shape index (κ3) is 25.4. The molecule has 156 valence electrons. The fraction of sp³-hybridized carbons (Fsp3) is 0.870. The zero-order chi connectivity index (χ0) is 20.1. The fourth-order valence-electron chi connectivity index (χ4n) is 2.93. The number of carboxylic acid groups (broad SMARTS) is 1. The van der Waals surface area contributed by atoms with Gasteiger partial charge < -0.3 is 14.4 Å². The molecule has 0 fully saturated rings. The fourth-order valence-corrected chi connectivity index (χ4v) is 2.93. The van der Waals surface area contributed by atoms with Gasteiger partial charge in [-0.15, -0.1) is 6.58 Å². The van der Waals surface area contributed by atoms with Gasteiger partial charge in [0, 0.05) is 5.97 Å². The van der Waals surface area contributed by atoms with Crippen molar-refractivity contribution in [3.63, 3.8) is 0 Å². The topological polar surface area (TPSA) is 40.1 Å². The van der Waals surface area contributed by atoms with Crippen LogP contribution in [0.5, 0.6) is 0 Å². The van der Waals surface area contributed by atoms with E-state index in [1.807, 2.05) is 6.08 Å². The summed E-state index contributed by atoms with van der Waals surface area (Å²) in [5.74, 6) is -0.924. The number of hydrogen-bond acceptors (Lipinski definition) is 2. The van der Waals surface area contributed by atoms with E-state index >= 15 is 0 Å². The Labute approximate surface area is 164 Å². The molecule has 0 atom stereocenters. The first-order valence-corrected chi connectivity index (χ1v) is 11.0. The van der Waals surface area contributed by atoms with Crippen molar-refractivity contribution in [1.82, 2.24) is 0 Å². The Kier molecular flexibility index (Phi) is 21.6. The minimum atomic E-state index is -0.924. The lowest BCUT2D eigenvalue weighted by Gasteiger charge is -2.29. The van der Waals surface area contributed by atoms with Crippen LogP contribution in [0.15, 0.2) is 12.7 Å². The van der Waals surface area contributed by atoms with E-state index in [4.69, 9.17) is 0 Å². The maximum absolute atomic E-state index is 10.1. The molecule has 0 radical (unpaired) electrons. The molecular formula is C23H47NO2. The van der Waals surface area contributed by atoms with Gasteiger partial charge in [0.1, 0.15) is 0 Å². The first-order chi connectivity index (χ1) is 12.4. The van der Waals surface area contributed by atoms with Crippen molar-refractivity contribution in [1.29, 1.82) is 0 Å². The molecule has 0 saturated heterocycles. The van der Waals surface area contributed by atoms with E-state index in [-0.39, 0.29) is 6.42 Å². The van der Waals surface area contributed by atoms with Crippen LogP contribution >= 0.6 is 0 Å². The number of aliphatic carboxylic acids is 1. The predicted molar refractivity (Wildman–Crippen MR) is 113 cm³/mol. The van der Waals surface area contributed by atoms with Crippen LogP contribution in [-0.4, -0.2) is 37.6 Å². The lowest BCUT2D eigenvalue weighted by atomic mass is 10.1. The van der Waals surface area contributed by atoms with E-state index in [0.29, 0.717) is 0 Å². The Bertz CT molecular complexity index is 313. The molecule has 0 unspecified atom stereocenters. The number of carboxylic acids is 1. The van der Waals surface area contributed by atoms with Gasteiger partial charge in [0.2, 0.25) is 0 Å². The Morgan fingerprint density at radius 3 is 1.85 bits per heavy atom. The molecule has 0 aromatic rings. The number of carbonyl (C=O) groups excluding carboxylic acids is 1. The average molecular weight is 370 g/mol. The van der Waals surface area contributed by atoms with Gasteiger partial charge in [-0.25, -0.2) is 0 Å². The van der Waals surface area contributed by atoms with Crippen molar-refractivity contribution in [2.75, 3.05) is 27.2 Å². The molecule has 0 aliphatic rings. The molecule has 26 heavy (non-hydrogen) atoms. The number of hydrogen-bond donors (Lipinski definition) is 0. The summed E-state index contributed by atoms with van der Waals surface area (Å²) in [6.45, 7) is 10.9. The maximum atomic E-state index is 10.1. The molecule has 3 nitrogen and oxygen atoms in total. The number of unbranched alkanes of at least 4 members (excludes halogenated alkanes) is 10. The second-order valence-corrected chi connectivity index (χ2v) is 8.12. The molecule has 0 aliphatic carbocycles. The molecule has 0 rings (SSSR count). The summed E-state index contributed by atoms with van der Waals surface area (Å²) >= 11 is 0. The van der Waals surface area contributed by atoms with Crippen LogP contribution < -0.4 is 5.11 Å². The van der Waals surface area contributed by atoms with Gasteiger partial charge in [-0.1, -0.05) is 64.9 Å². The molecule has 0 bridgehead atoms. The molecule has 3 heteroatoms. The van der Waals surface area contributed by atoms with Gasteiger partial charge >= 0.3 is 0 Å². The second kappa shape index (κ2) is 20.5. The van der Waals surface area contributed by atoms with Crippen LogP contribution in [0.2, 0.25) is 0 Å². The van der Waals surface area contributed by atoms with Crippen molar-refractivity contribution in [3.05, 3.63) is 12.7 Å². The van der Waals surface area contributed by atoms with Crippen LogP contribution in [0.4, 0.5) is 0 Å². The first-order valence-electron chi connectivity index (χ1n) is 11.0. The Hall–Kier alpha value is -0.830. The summed E-state index contributed by atoms with van der Waals surface area (Å²) in [6, 6.07) is 0. The van der Waals surface area contributed by atoms with Gasteiger partial charge in [-0.05, 0) is 44.9 Å². The van der Waals surface area contributed by atoms with Crippen molar-refractivity contribution >= 4 is 5.97 Å². The molecule has 0 aliphatic heterocycles. The van der Waals surface area contributed by atoms with Crippen molar-refractivity contribution in [3.8, 4) is 0 Å². The highest BCUT2D eigenvalue weighted by atomic mass is 16.4. The van der Waals surface area contributed by atoms with Gasteiger partial charge in [-0.3, -0.25) is 0 Å². The summed E-state index contributed by atoms with van der Waals surface area (Å²) in [6.07, 6.45) is 18.1. The van der Waals surface area contributed by atoms with Crippen LogP contribution in [0.1, 0.15) is 104 Å². The number of carbonyl (C=O) groups is 1. The number of quaternary nitrogens is 1. The lowest BCUT2D eigenvalue weighted by molar-refractivity contribution is -0.890. The highest BCUT2D eigenvalue weighted by Gasteiger charge is 2.12. The third-order valence-corrected chi connectivity index (χ3v) is 4.77. The summed E-state index contributed by atoms with van der Waals surface area (Å²) in [5, 5.41) is 10.1. The summed E-state index contributed by atoms with van der Waals surface area (Å²) in [4.78, 5) is 10.1. The Balaban J connectivity index is 0. The molecule has 0 amide bonds. The SMILES string of the molecule is C=CCCCCCCCCC(=O)[O-].CCCCCC[N+](C)(C)CCCC. The van der Waals surface area contributed by atoms with E-state index < -0.39 is 5.97 Å². The molecule has 0 aromatic heterocycles. The van der Waals surface area contributed by atoms with Gasteiger partial charge in [0.25, 0.3) is 0 Å². The highest BCUT2D eigenvalue weighted by molar-refractivity contribution is 5.63. The smallest absolute Gasteiger partial charge is 0.0782 e. The summed E-state index contributed by atoms with van der Waals surface area (Å²) in [5.41, 5.74) is 0. The van der Waals surface area contributed by atoms with Gasteiger partial charge in [0.15, 0.2) is 0 Å². The molecule has 0 spiro atoms. The second-order valence-electron chi connectivity index (χ2n) is 8.12. The quantitative estimate of drug-likeness (QED) is 0.193. The molecular weight excluding hydrogens is 322 g/mol. The lowest BCUT2D eigenvalue weighted by Crippen LogP contribution is -2.41. The van der Waals surface area contributed by atoms with E-state index in [1.165, 1.54) is 75.4 Å². The molecule has 0 heterocycles. The van der Waals surface area contributed by atoms with Crippen molar-refractivity contribution in [2.45, 2.75) is 104 Å². The minimum absolute atomic E-state index is 0.215. The first kappa shape index (κ1) is 27.4. The van der Waals surface area contributed by atoms with E-state index in [2.05, 4.69) is 34.5 Å². The van der Waals surface area contributed by atoms with Crippen molar-refractivity contribution in [2.24, 2.45) is 0 Å². The standard InChI is InChI=1S/C12H28N.C11H20O2/c1-5-7-9-10-12-13(3,4)11-8-6-2;1-2-3-4-5-6-7-8-9-10-11(12)13/h5-12H2,1-4H3;2H,1,3-10H2,(H,12,13)/q+1;/p-1. The van der Waals surface area contributed by atoms with E-state index in [9.17, 15) is 9.90 Å². The maximum Gasteiger partial charge on any atom is 0.0782 e. The largest absolute Gasteiger partial charge is 0.550 e. The van der Waals surface area contributed by atoms with Crippen molar-refractivity contribution < 1.29 is 14.4 Å². The molecule has 0 aromatic carbocycles. The average Bonchev–Trinajstić information content (AvgIpc) is 2.60. The number of rotatable bonds is 17. The summed E-state index contributed by atoms with van der Waals surface area (Å²) in [7, 11) is 4.73. The molecule has 0 N–H and O–H groups in total. The predicted octanol–water partition coefficient (Wildman–Crippen LogP) is 5.49. The van der Waals surface area contributed by atoms with Gasteiger partial charge in [-0.2, -0.15) is 0 Å². The minimum Gasteiger partial charge on any atom is -0.550 e. The van der Waals surface area contributed by atoms with E-state index in [0.717, 1.165) is 25.7 Å². The van der Waals surface area contributed by atoms with E-state index in [1.54, 1.807) is 0 Å². The Morgan fingerprint density at radius 1 is 0.808 bits per heavy atom. The van der Waals surface area contributed by atoms with Crippen LogP contribution in [0, 0.1) is 0 Å². The zero-order valence-electron chi connectivity index (χ0n) is 18.4. The summed E-state index contributed by atoms with van der Waals surface area (Å²) < 4.78 is 1.22.